The Hall–Kier alpha value is -1.93. The van der Waals surface area contributed by atoms with Gasteiger partial charge in [-0.3, -0.25) is 0 Å². The summed E-state index contributed by atoms with van der Waals surface area (Å²) in [5.74, 6) is 1.51. The number of nitriles is 1. The Labute approximate surface area is 118 Å². The zero-order valence-corrected chi connectivity index (χ0v) is 12.0. The van der Waals surface area contributed by atoms with Gasteiger partial charge in [-0.15, -0.1) is 0 Å². The molecule has 0 radical (unpaired) electrons. The summed E-state index contributed by atoms with van der Waals surface area (Å²) >= 11 is 0. The van der Waals surface area contributed by atoms with Crippen molar-refractivity contribution in [3.05, 3.63) is 17.7 Å². The molecule has 2 rings (SSSR count). The lowest BCUT2D eigenvalue weighted by atomic mass is 9.64. The fraction of sp³-hybridized carbons (Fsp3) is 0.533. The van der Waals surface area contributed by atoms with Gasteiger partial charge >= 0.3 is 0 Å². The zero-order chi connectivity index (χ0) is 14.8. The third kappa shape index (κ3) is 2.16. The van der Waals surface area contributed by atoms with E-state index in [0.29, 0.717) is 35.7 Å². The van der Waals surface area contributed by atoms with Crippen molar-refractivity contribution >= 4 is 0 Å². The number of ether oxygens (including phenoxy) is 3. The van der Waals surface area contributed by atoms with Crippen LogP contribution in [0.15, 0.2) is 12.1 Å². The summed E-state index contributed by atoms with van der Waals surface area (Å²) in [7, 11) is 4.58. The van der Waals surface area contributed by atoms with Gasteiger partial charge in [-0.2, -0.15) is 5.26 Å². The molecule has 1 aromatic carbocycles. The minimum absolute atomic E-state index is 0.468. The quantitative estimate of drug-likeness (QED) is 0.895. The molecule has 1 aliphatic carbocycles. The smallest absolute Gasteiger partial charge is 0.132 e. The summed E-state index contributed by atoms with van der Waals surface area (Å²) in [6.45, 7) is 0. The minimum Gasteiger partial charge on any atom is -0.496 e. The number of hydrogen-bond acceptors (Lipinski definition) is 5. The van der Waals surface area contributed by atoms with Crippen molar-refractivity contribution in [3.8, 4) is 23.3 Å². The maximum Gasteiger partial charge on any atom is 0.132 e. The Morgan fingerprint density at radius 2 is 1.70 bits per heavy atom. The third-order valence-electron chi connectivity index (χ3n) is 4.02. The van der Waals surface area contributed by atoms with Crippen LogP contribution in [-0.4, -0.2) is 26.4 Å². The van der Waals surface area contributed by atoms with E-state index in [2.05, 4.69) is 6.07 Å². The van der Waals surface area contributed by atoms with Gasteiger partial charge in [0, 0.05) is 12.1 Å². The van der Waals surface area contributed by atoms with Gasteiger partial charge in [-0.25, -0.2) is 0 Å². The highest BCUT2D eigenvalue weighted by atomic mass is 16.5. The van der Waals surface area contributed by atoms with Gasteiger partial charge in [-0.1, -0.05) is 6.42 Å². The number of nitrogens with zero attached hydrogens (tertiary/aromatic N) is 1. The topological polar surface area (TPSA) is 71.7 Å². The fourth-order valence-corrected chi connectivity index (χ4v) is 2.58. The highest BCUT2D eigenvalue weighted by Crippen LogP contribution is 2.53. The predicted octanol–water partition coefficient (Wildman–Crippen LogP) is 2.44. The summed E-state index contributed by atoms with van der Waals surface area (Å²) in [5, 5.41) is 20.0. The molecule has 1 aliphatic rings. The van der Waals surface area contributed by atoms with Crippen LogP contribution in [0, 0.1) is 16.7 Å². The predicted molar refractivity (Wildman–Crippen MR) is 73.0 cm³/mol. The summed E-state index contributed by atoms with van der Waals surface area (Å²) < 4.78 is 15.8. The molecule has 1 N–H and O–H groups in total. The van der Waals surface area contributed by atoms with Crippen LogP contribution in [0.1, 0.15) is 30.9 Å². The van der Waals surface area contributed by atoms with E-state index in [9.17, 15) is 10.4 Å². The van der Waals surface area contributed by atoms with Crippen molar-refractivity contribution in [2.45, 2.75) is 25.4 Å². The Bertz CT molecular complexity index is 506. The lowest BCUT2D eigenvalue weighted by molar-refractivity contribution is 0.00492. The molecule has 1 unspecified atom stereocenters. The van der Waals surface area contributed by atoms with Gasteiger partial charge in [-0.05, 0) is 12.8 Å². The first kappa shape index (κ1) is 14.5. The molecule has 5 heteroatoms. The second kappa shape index (κ2) is 5.59. The Morgan fingerprint density at radius 1 is 1.15 bits per heavy atom. The number of rotatable bonds is 5. The minimum atomic E-state index is -0.933. The maximum atomic E-state index is 10.7. The number of hydrogen-bond donors (Lipinski definition) is 1. The van der Waals surface area contributed by atoms with Crippen molar-refractivity contribution in [1.29, 1.82) is 5.26 Å². The number of aliphatic hydroxyl groups is 1. The third-order valence-corrected chi connectivity index (χ3v) is 4.02. The largest absolute Gasteiger partial charge is 0.496 e. The number of benzene rings is 1. The fourth-order valence-electron chi connectivity index (χ4n) is 2.58. The molecule has 0 saturated heterocycles. The molecule has 0 amide bonds. The van der Waals surface area contributed by atoms with Gasteiger partial charge in [0.1, 0.15) is 23.4 Å². The van der Waals surface area contributed by atoms with Gasteiger partial charge in [0.25, 0.3) is 0 Å². The molecule has 1 aromatic rings. The van der Waals surface area contributed by atoms with E-state index < -0.39 is 11.5 Å². The first-order chi connectivity index (χ1) is 9.61. The van der Waals surface area contributed by atoms with E-state index in [1.54, 1.807) is 19.2 Å². The summed E-state index contributed by atoms with van der Waals surface area (Å²) in [6.07, 6.45) is 1.38. The van der Waals surface area contributed by atoms with Gasteiger partial charge in [0.2, 0.25) is 0 Å². The highest BCUT2D eigenvalue weighted by Gasteiger charge is 2.46. The molecular formula is C15H19NO4. The van der Waals surface area contributed by atoms with Crippen LogP contribution in [0.4, 0.5) is 0 Å². The monoisotopic (exact) mass is 277 g/mol. The maximum absolute atomic E-state index is 10.7. The summed E-state index contributed by atoms with van der Waals surface area (Å²) in [4.78, 5) is 0. The van der Waals surface area contributed by atoms with Crippen LogP contribution >= 0.6 is 0 Å². The molecule has 5 nitrogen and oxygen atoms in total. The van der Waals surface area contributed by atoms with Crippen LogP contribution in [0.25, 0.3) is 0 Å². The van der Waals surface area contributed by atoms with Gasteiger partial charge in [0.15, 0.2) is 0 Å². The van der Waals surface area contributed by atoms with E-state index >= 15 is 0 Å². The van der Waals surface area contributed by atoms with Crippen molar-refractivity contribution in [2.75, 3.05) is 21.3 Å². The first-order valence-corrected chi connectivity index (χ1v) is 6.51. The van der Waals surface area contributed by atoms with E-state index in [1.165, 1.54) is 14.2 Å². The van der Waals surface area contributed by atoms with E-state index in [4.69, 9.17) is 14.2 Å². The van der Waals surface area contributed by atoms with Gasteiger partial charge < -0.3 is 19.3 Å². The second-order valence-corrected chi connectivity index (χ2v) is 4.97. The van der Waals surface area contributed by atoms with Crippen molar-refractivity contribution in [3.63, 3.8) is 0 Å². The van der Waals surface area contributed by atoms with E-state index in [-0.39, 0.29) is 0 Å². The molecule has 0 aromatic heterocycles. The average molecular weight is 277 g/mol. The van der Waals surface area contributed by atoms with Gasteiger partial charge in [0.05, 0.1) is 38.4 Å². The summed E-state index contributed by atoms with van der Waals surface area (Å²) in [5.41, 5.74) is -0.230. The standard InChI is InChI=1S/C15H19NO4/c1-18-10-7-11(19-2)13(12(8-10)20-3)14(17)15(9-16)5-4-6-15/h7-8,14,17H,4-6H2,1-3H3. The molecule has 0 heterocycles. The summed E-state index contributed by atoms with van der Waals surface area (Å²) in [6, 6.07) is 5.62. The second-order valence-electron chi connectivity index (χ2n) is 4.97. The molecular weight excluding hydrogens is 258 g/mol. The molecule has 1 fully saturated rings. The normalized spacial score (nSPS) is 17.6. The van der Waals surface area contributed by atoms with Crippen molar-refractivity contribution in [1.82, 2.24) is 0 Å². The molecule has 1 atom stereocenters. The van der Waals surface area contributed by atoms with Crippen LogP contribution in [0.5, 0.6) is 17.2 Å². The van der Waals surface area contributed by atoms with Crippen LogP contribution in [0.3, 0.4) is 0 Å². The molecule has 0 aliphatic heterocycles. The van der Waals surface area contributed by atoms with Crippen LogP contribution < -0.4 is 14.2 Å². The molecule has 20 heavy (non-hydrogen) atoms. The molecule has 0 spiro atoms. The van der Waals surface area contributed by atoms with E-state index in [1.807, 2.05) is 0 Å². The zero-order valence-electron chi connectivity index (χ0n) is 12.0. The average Bonchev–Trinajstić information content (AvgIpc) is 2.44. The molecule has 1 saturated carbocycles. The van der Waals surface area contributed by atoms with Crippen molar-refractivity contribution < 1.29 is 19.3 Å². The Kier molecular flexibility index (Phi) is 4.05. The van der Waals surface area contributed by atoms with Crippen molar-refractivity contribution in [2.24, 2.45) is 5.41 Å². The van der Waals surface area contributed by atoms with Crippen LogP contribution in [-0.2, 0) is 0 Å². The SMILES string of the molecule is COc1cc(OC)c(C(O)C2(C#N)CCC2)c(OC)c1. The molecule has 108 valence electrons. The lowest BCUT2D eigenvalue weighted by Gasteiger charge is -2.40. The highest BCUT2D eigenvalue weighted by molar-refractivity contribution is 5.53. The Morgan fingerprint density at radius 3 is 2.00 bits per heavy atom. The lowest BCUT2D eigenvalue weighted by Crippen LogP contribution is -2.34. The Balaban J connectivity index is 2.52. The number of methoxy groups -OCH3 is 3. The van der Waals surface area contributed by atoms with E-state index in [0.717, 1.165) is 6.42 Å². The number of aliphatic hydroxyl groups excluding tert-OH is 1. The van der Waals surface area contributed by atoms with Crippen LogP contribution in [0.2, 0.25) is 0 Å². The molecule has 0 bridgehead atoms. The first-order valence-electron chi connectivity index (χ1n) is 6.51.